The molecule has 0 N–H and O–H groups in total. The summed E-state index contributed by atoms with van der Waals surface area (Å²) in [5.74, 6) is 1.15. The summed E-state index contributed by atoms with van der Waals surface area (Å²) in [4.78, 5) is 14.9. The number of hydrogen-bond acceptors (Lipinski definition) is 4. The molecule has 0 unspecified atom stereocenters. The summed E-state index contributed by atoms with van der Waals surface area (Å²) in [6, 6.07) is 5.91. The van der Waals surface area contributed by atoms with E-state index in [1.807, 2.05) is 25.1 Å². The van der Waals surface area contributed by atoms with Crippen molar-refractivity contribution in [1.82, 2.24) is 0 Å². The summed E-state index contributed by atoms with van der Waals surface area (Å²) in [7, 11) is 1.62. The van der Waals surface area contributed by atoms with Gasteiger partial charge in [0.2, 0.25) is 5.90 Å². The van der Waals surface area contributed by atoms with E-state index in [9.17, 15) is 4.79 Å². The fourth-order valence-corrected chi connectivity index (χ4v) is 1.65. The average Bonchev–Trinajstić information content (AvgIpc) is 3.13. The second-order valence-corrected chi connectivity index (χ2v) is 4.01. The van der Waals surface area contributed by atoms with Crippen LogP contribution in [-0.2, 0) is 9.53 Å². The molecule has 4 nitrogen and oxygen atoms in total. The normalized spacial score (nSPS) is 15.5. The van der Waals surface area contributed by atoms with Crippen molar-refractivity contribution in [1.29, 1.82) is 0 Å². The highest BCUT2D eigenvalue weighted by atomic mass is 16.5. The largest absolute Gasteiger partial charge is 0.496 e. The lowest BCUT2D eigenvalue weighted by atomic mass is 10.1. The van der Waals surface area contributed by atoms with Crippen molar-refractivity contribution in [3.05, 3.63) is 29.3 Å². The minimum absolute atomic E-state index is 0.301. The SMILES string of the molecule is COc1cccc(/C(=N/C2CC2)OC=O)c1C. The molecular formula is C13H15NO3. The van der Waals surface area contributed by atoms with Crippen LogP contribution < -0.4 is 4.74 Å². The van der Waals surface area contributed by atoms with Gasteiger partial charge in [0.1, 0.15) is 5.75 Å². The van der Waals surface area contributed by atoms with Gasteiger partial charge >= 0.3 is 0 Å². The summed E-state index contributed by atoms with van der Waals surface area (Å²) < 4.78 is 10.2. The van der Waals surface area contributed by atoms with Gasteiger partial charge in [0, 0.05) is 11.1 Å². The molecule has 1 aliphatic rings. The summed E-state index contributed by atoms with van der Waals surface area (Å²) in [5, 5.41) is 0. The molecule has 4 heteroatoms. The van der Waals surface area contributed by atoms with Crippen molar-refractivity contribution in [3.8, 4) is 5.75 Å². The molecule has 1 fully saturated rings. The van der Waals surface area contributed by atoms with E-state index in [4.69, 9.17) is 9.47 Å². The quantitative estimate of drug-likeness (QED) is 0.454. The van der Waals surface area contributed by atoms with E-state index >= 15 is 0 Å². The molecule has 2 rings (SSSR count). The van der Waals surface area contributed by atoms with E-state index in [1.54, 1.807) is 7.11 Å². The molecule has 90 valence electrons. The first kappa shape index (κ1) is 11.6. The molecule has 0 radical (unpaired) electrons. The number of nitrogens with zero attached hydrogens (tertiary/aromatic N) is 1. The van der Waals surface area contributed by atoms with Gasteiger partial charge < -0.3 is 9.47 Å². The number of ether oxygens (including phenoxy) is 2. The maximum absolute atomic E-state index is 10.5. The summed E-state index contributed by atoms with van der Waals surface area (Å²) in [6.07, 6.45) is 2.13. The highest BCUT2D eigenvalue weighted by Gasteiger charge is 2.23. The van der Waals surface area contributed by atoms with Gasteiger partial charge in [-0.2, -0.15) is 0 Å². The zero-order valence-corrected chi connectivity index (χ0v) is 9.97. The number of methoxy groups -OCH3 is 1. The molecule has 0 saturated heterocycles. The van der Waals surface area contributed by atoms with E-state index in [2.05, 4.69) is 4.99 Å². The van der Waals surface area contributed by atoms with Crippen molar-refractivity contribution < 1.29 is 14.3 Å². The molecule has 0 amide bonds. The first-order chi connectivity index (χ1) is 8.26. The second kappa shape index (κ2) is 4.99. The van der Waals surface area contributed by atoms with Crippen molar-refractivity contribution >= 4 is 12.4 Å². The van der Waals surface area contributed by atoms with Crippen LogP contribution >= 0.6 is 0 Å². The lowest BCUT2D eigenvalue weighted by molar-refractivity contribution is -0.121. The van der Waals surface area contributed by atoms with Crippen LogP contribution in [0, 0.1) is 6.92 Å². The van der Waals surface area contributed by atoms with Gasteiger partial charge in [-0.3, -0.25) is 4.79 Å². The highest BCUT2D eigenvalue weighted by Crippen LogP contribution is 2.27. The van der Waals surface area contributed by atoms with Gasteiger partial charge in [0.05, 0.1) is 13.2 Å². The van der Waals surface area contributed by atoms with Crippen LogP contribution in [0.1, 0.15) is 24.0 Å². The minimum Gasteiger partial charge on any atom is -0.496 e. The Bertz CT molecular complexity index is 450. The van der Waals surface area contributed by atoms with Crippen LogP contribution in [0.4, 0.5) is 0 Å². The van der Waals surface area contributed by atoms with Crippen molar-refractivity contribution in [2.45, 2.75) is 25.8 Å². The molecule has 1 aromatic carbocycles. The molecular weight excluding hydrogens is 218 g/mol. The summed E-state index contributed by atoms with van der Waals surface area (Å²) in [5.41, 5.74) is 1.74. The molecule has 1 aromatic rings. The zero-order chi connectivity index (χ0) is 12.3. The third-order valence-corrected chi connectivity index (χ3v) is 2.74. The van der Waals surface area contributed by atoms with Crippen LogP contribution in [0.2, 0.25) is 0 Å². The van der Waals surface area contributed by atoms with E-state index in [0.29, 0.717) is 18.4 Å². The average molecular weight is 233 g/mol. The molecule has 0 bridgehead atoms. The lowest BCUT2D eigenvalue weighted by Gasteiger charge is -2.10. The van der Waals surface area contributed by atoms with Crippen LogP contribution in [0.3, 0.4) is 0 Å². The number of benzene rings is 1. The van der Waals surface area contributed by atoms with Gasteiger partial charge in [-0.05, 0) is 31.9 Å². The molecule has 0 aromatic heterocycles. The van der Waals surface area contributed by atoms with E-state index in [1.165, 1.54) is 0 Å². The second-order valence-electron chi connectivity index (χ2n) is 4.01. The van der Waals surface area contributed by atoms with Gasteiger partial charge in [-0.25, -0.2) is 4.99 Å². The molecule has 17 heavy (non-hydrogen) atoms. The topological polar surface area (TPSA) is 47.9 Å². The van der Waals surface area contributed by atoms with Gasteiger partial charge in [0.15, 0.2) is 0 Å². The van der Waals surface area contributed by atoms with E-state index in [-0.39, 0.29) is 0 Å². The van der Waals surface area contributed by atoms with Gasteiger partial charge in [0.25, 0.3) is 6.47 Å². The Morgan fingerprint density at radius 2 is 2.24 bits per heavy atom. The van der Waals surface area contributed by atoms with Crippen molar-refractivity contribution in [3.63, 3.8) is 0 Å². The van der Waals surface area contributed by atoms with Crippen LogP contribution in [0.15, 0.2) is 23.2 Å². The number of aliphatic imine (C=N–C) groups is 1. The maximum atomic E-state index is 10.5. The molecule has 1 aliphatic carbocycles. The molecule has 0 atom stereocenters. The third-order valence-electron chi connectivity index (χ3n) is 2.74. The Morgan fingerprint density at radius 1 is 1.47 bits per heavy atom. The minimum atomic E-state index is 0.301. The molecule has 0 aliphatic heterocycles. The fraction of sp³-hybridized carbons (Fsp3) is 0.385. The van der Waals surface area contributed by atoms with Crippen LogP contribution in [-0.4, -0.2) is 25.5 Å². The predicted molar refractivity (Wildman–Crippen MR) is 64.4 cm³/mol. The first-order valence-corrected chi connectivity index (χ1v) is 5.58. The van der Waals surface area contributed by atoms with Gasteiger partial charge in [-0.15, -0.1) is 0 Å². The molecule has 0 heterocycles. The van der Waals surface area contributed by atoms with Crippen molar-refractivity contribution in [2.24, 2.45) is 4.99 Å². The van der Waals surface area contributed by atoms with Crippen LogP contribution in [0.25, 0.3) is 0 Å². The fourth-order valence-electron chi connectivity index (χ4n) is 1.65. The Labute approximate surface area is 100 Å². The number of rotatable bonds is 4. The Morgan fingerprint density at radius 3 is 2.82 bits per heavy atom. The molecule has 0 spiro atoms. The monoisotopic (exact) mass is 233 g/mol. The molecule has 1 saturated carbocycles. The third kappa shape index (κ3) is 2.64. The summed E-state index contributed by atoms with van der Waals surface area (Å²) in [6.45, 7) is 2.34. The first-order valence-electron chi connectivity index (χ1n) is 5.58. The zero-order valence-electron chi connectivity index (χ0n) is 9.97. The number of carbonyl (C=O) groups excluding carboxylic acids is 1. The Balaban J connectivity index is 2.38. The van der Waals surface area contributed by atoms with Crippen LogP contribution in [0.5, 0.6) is 5.75 Å². The highest BCUT2D eigenvalue weighted by molar-refractivity contribution is 5.99. The Kier molecular flexibility index (Phi) is 3.42. The summed E-state index contributed by atoms with van der Waals surface area (Å²) >= 11 is 0. The predicted octanol–water partition coefficient (Wildman–Crippen LogP) is 2.09. The van der Waals surface area contributed by atoms with E-state index < -0.39 is 0 Å². The lowest BCUT2D eigenvalue weighted by Crippen LogP contribution is -2.09. The number of hydrogen-bond donors (Lipinski definition) is 0. The number of carbonyl (C=O) groups is 1. The standard InChI is InChI=1S/C13H15NO3/c1-9-11(4-3-5-12(9)16-2)13(17-8-15)14-10-6-7-10/h3-5,8,10H,6-7H2,1-2H3/b14-13-. The Hall–Kier alpha value is -1.84. The maximum Gasteiger partial charge on any atom is 0.299 e. The van der Waals surface area contributed by atoms with Crippen molar-refractivity contribution in [2.75, 3.05) is 7.11 Å². The van der Waals surface area contributed by atoms with Gasteiger partial charge in [-0.1, -0.05) is 6.07 Å². The smallest absolute Gasteiger partial charge is 0.299 e. The van der Waals surface area contributed by atoms with E-state index in [0.717, 1.165) is 29.7 Å².